The van der Waals surface area contributed by atoms with Crippen LogP contribution in [0.25, 0.3) is 0 Å². The van der Waals surface area contributed by atoms with Crippen molar-refractivity contribution in [3.63, 3.8) is 0 Å². The second-order valence-corrected chi connectivity index (χ2v) is 6.63. The van der Waals surface area contributed by atoms with Crippen LogP contribution in [-0.2, 0) is 24.0 Å². The average Bonchev–Trinajstić information content (AvgIpc) is 2.65. The van der Waals surface area contributed by atoms with Gasteiger partial charge in [0.25, 0.3) is 0 Å². The Balaban J connectivity index is 5.30. The molecule has 0 saturated heterocycles. The van der Waals surface area contributed by atoms with Gasteiger partial charge < -0.3 is 31.9 Å². The SMILES string of the molecule is CCC(C)C(NC(=O)C(CCC(=O)O)NC(=O)C(N)CS)C(=O)NCC(=O)O. The molecule has 11 nitrogen and oxygen atoms in total. The molecule has 0 aromatic rings. The summed E-state index contributed by atoms with van der Waals surface area (Å²) in [7, 11) is 0. The van der Waals surface area contributed by atoms with Gasteiger partial charge in [-0.25, -0.2) is 0 Å². The molecular formula is C16H28N4O7S. The van der Waals surface area contributed by atoms with E-state index in [9.17, 15) is 24.0 Å². The first kappa shape index (κ1) is 25.7. The van der Waals surface area contributed by atoms with Crippen LogP contribution in [0.1, 0.15) is 33.1 Å². The summed E-state index contributed by atoms with van der Waals surface area (Å²) in [5, 5.41) is 24.6. The van der Waals surface area contributed by atoms with Crippen molar-refractivity contribution in [2.45, 2.75) is 51.2 Å². The van der Waals surface area contributed by atoms with Crippen molar-refractivity contribution in [3.8, 4) is 0 Å². The molecule has 12 heteroatoms. The lowest BCUT2D eigenvalue weighted by molar-refractivity contribution is -0.139. The molecule has 7 N–H and O–H groups in total. The van der Waals surface area contributed by atoms with Crippen molar-refractivity contribution in [1.82, 2.24) is 16.0 Å². The van der Waals surface area contributed by atoms with E-state index in [4.69, 9.17) is 15.9 Å². The zero-order valence-electron chi connectivity index (χ0n) is 15.8. The number of rotatable bonds is 13. The van der Waals surface area contributed by atoms with Crippen LogP contribution in [0.15, 0.2) is 0 Å². The zero-order chi connectivity index (χ0) is 21.9. The summed E-state index contributed by atoms with van der Waals surface area (Å²) < 4.78 is 0. The smallest absolute Gasteiger partial charge is 0.322 e. The Labute approximate surface area is 168 Å². The van der Waals surface area contributed by atoms with E-state index in [1.165, 1.54) is 0 Å². The summed E-state index contributed by atoms with van der Waals surface area (Å²) in [5.41, 5.74) is 5.55. The van der Waals surface area contributed by atoms with Gasteiger partial charge in [0.2, 0.25) is 17.7 Å². The summed E-state index contributed by atoms with van der Waals surface area (Å²) in [6, 6.07) is -3.28. The van der Waals surface area contributed by atoms with Gasteiger partial charge in [0, 0.05) is 12.2 Å². The van der Waals surface area contributed by atoms with Crippen LogP contribution in [0.2, 0.25) is 0 Å². The van der Waals surface area contributed by atoms with Crippen LogP contribution in [0.4, 0.5) is 0 Å². The van der Waals surface area contributed by atoms with Gasteiger partial charge in [-0.15, -0.1) is 0 Å². The molecule has 28 heavy (non-hydrogen) atoms. The van der Waals surface area contributed by atoms with Gasteiger partial charge in [0.05, 0.1) is 6.04 Å². The molecule has 0 saturated carbocycles. The van der Waals surface area contributed by atoms with Gasteiger partial charge in [-0.1, -0.05) is 20.3 Å². The summed E-state index contributed by atoms with van der Waals surface area (Å²) >= 11 is 3.89. The number of hydrogen-bond donors (Lipinski definition) is 7. The quantitative estimate of drug-likeness (QED) is 0.172. The Morgan fingerprint density at radius 1 is 1.00 bits per heavy atom. The van der Waals surface area contributed by atoms with Crippen LogP contribution < -0.4 is 21.7 Å². The first-order valence-corrected chi connectivity index (χ1v) is 9.35. The lowest BCUT2D eigenvalue weighted by Crippen LogP contribution is -2.57. The summed E-state index contributed by atoms with van der Waals surface area (Å²) in [6.07, 6.45) is -0.105. The van der Waals surface area contributed by atoms with E-state index in [1.807, 2.05) is 0 Å². The standard InChI is InChI=1S/C16H28N4O7S/c1-3-8(2)13(16(27)18-6-12(23)24)20-15(26)10(4-5-11(21)22)19-14(25)9(17)7-28/h8-10,13,28H,3-7,17H2,1-2H3,(H,18,27)(H,19,25)(H,20,26)(H,21,22)(H,23,24). The highest BCUT2D eigenvalue weighted by atomic mass is 32.1. The maximum Gasteiger partial charge on any atom is 0.322 e. The predicted octanol–water partition coefficient (Wildman–Crippen LogP) is -1.68. The molecule has 0 aliphatic carbocycles. The molecule has 0 radical (unpaired) electrons. The molecular weight excluding hydrogens is 392 g/mol. The van der Waals surface area contributed by atoms with E-state index in [0.717, 1.165) is 0 Å². The number of nitrogens with one attached hydrogen (secondary N) is 3. The van der Waals surface area contributed by atoms with E-state index < -0.39 is 60.8 Å². The van der Waals surface area contributed by atoms with E-state index >= 15 is 0 Å². The number of thiol groups is 1. The lowest BCUT2D eigenvalue weighted by Gasteiger charge is -2.26. The fourth-order valence-corrected chi connectivity index (χ4v) is 2.29. The zero-order valence-corrected chi connectivity index (χ0v) is 16.7. The molecule has 4 unspecified atom stereocenters. The Kier molecular flexibility index (Phi) is 11.9. The number of hydrogen-bond acceptors (Lipinski definition) is 7. The van der Waals surface area contributed by atoms with E-state index in [1.54, 1.807) is 13.8 Å². The maximum absolute atomic E-state index is 12.6. The second-order valence-electron chi connectivity index (χ2n) is 6.27. The Bertz CT molecular complexity index is 587. The third-order valence-corrected chi connectivity index (χ3v) is 4.41. The van der Waals surface area contributed by atoms with Crippen molar-refractivity contribution < 1.29 is 34.2 Å². The third kappa shape index (κ3) is 9.55. The van der Waals surface area contributed by atoms with Crippen molar-refractivity contribution in [2.24, 2.45) is 11.7 Å². The van der Waals surface area contributed by atoms with Gasteiger partial charge in [-0.2, -0.15) is 12.6 Å². The minimum absolute atomic E-state index is 0.0200. The summed E-state index contributed by atoms with van der Waals surface area (Å²) in [4.78, 5) is 58.3. The molecule has 0 rings (SSSR count). The molecule has 0 bridgehead atoms. The van der Waals surface area contributed by atoms with E-state index in [2.05, 4.69) is 28.6 Å². The van der Waals surface area contributed by atoms with Crippen molar-refractivity contribution in [3.05, 3.63) is 0 Å². The van der Waals surface area contributed by atoms with Crippen LogP contribution in [-0.4, -0.2) is 70.3 Å². The normalized spacial score (nSPS) is 14.9. The lowest BCUT2D eigenvalue weighted by atomic mass is 9.97. The Morgan fingerprint density at radius 2 is 1.61 bits per heavy atom. The van der Waals surface area contributed by atoms with Crippen LogP contribution in [0.3, 0.4) is 0 Å². The number of aliphatic carboxylic acids is 2. The van der Waals surface area contributed by atoms with Crippen LogP contribution >= 0.6 is 12.6 Å². The fourth-order valence-electron chi connectivity index (χ4n) is 2.13. The topological polar surface area (TPSA) is 188 Å². The second kappa shape index (κ2) is 12.9. The maximum atomic E-state index is 12.6. The molecule has 0 aliphatic rings. The number of nitrogens with two attached hydrogens (primary N) is 1. The van der Waals surface area contributed by atoms with Gasteiger partial charge in [-0.05, 0) is 12.3 Å². The van der Waals surface area contributed by atoms with Gasteiger partial charge >= 0.3 is 11.9 Å². The summed E-state index contributed by atoms with van der Waals surface area (Å²) in [5.74, 6) is -4.87. The molecule has 0 aromatic carbocycles. The van der Waals surface area contributed by atoms with Crippen LogP contribution in [0.5, 0.6) is 0 Å². The first-order valence-electron chi connectivity index (χ1n) is 8.71. The molecule has 0 aliphatic heterocycles. The number of amides is 3. The molecule has 0 spiro atoms. The van der Waals surface area contributed by atoms with Gasteiger partial charge in [-0.3, -0.25) is 24.0 Å². The van der Waals surface area contributed by atoms with Crippen molar-refractivity contribution >= 4 is 42.3 Å². The molecule has 4 atom stereocenters. The van der Waals surface area contributed by atoms with E-state index in [0.29, 0.717) is 6.42 Å². The molecule has 3 amide bonds. The molecule has 0 aromatic heterocycles. The monoisotopic (exact) mass is 420 g/mol. The minimum Gasteiger partial charge on any atom is -0.481 e. The third-order valence-electron chi connectivity index (χ3n) is 4.02. The van der Waals surface area contributed by atoms with Crippen molar-refractivity contribution in [2.75, 3.05) is 12.3 Å². The average molecular weight is 420 g/mol. The summed E-state index contributed by atoms with van der Waals surface area (Å²) in [6.45, 7) is 2.86. The number of carbonyl (C=O) groups excluding carboxylic acids is 3. The Hall–Kier alpha value is -2.34. The fraction of sp³-hybridized carbons (Fsp3) is 0.688. The minimum atomic E-state index is -1.24. The molecule has 0 fully saturated rings. The van der Waals surface area contributed by atoms with Gasteiger partial charge in [0.1, 0.15) is 18.6 Å². The number of carboxylic acids is 2. The van der Waals surface area contributed by atoms with Crippen LogP contribution in [0, 0.1) is 5.92 Å². The predicted molar refractivity (Wildman–Crippen MR) is 103 cm³/mol. The number of carbonyl (C=O) groups is 5. The van der Waals surface area contributed by atoms with E-state index in [-0.39, 0.29) is 18.1 Å². The highest BCUT2D eigenvalue weighted by Gasteiger charge is 2.30. The van der Waals surface area contributed by atoms with Crippen molar-refractivity contribution in [1.29, 1.82) is 0 Å². The Morgan fingerprint density at radius 3 is 2.07 bits per heavy atom. The largest absolute Gasteiger partial charge is 0.481 e. The highest BCUT2D eigenvalue weighted by molar-refractivity contribution is 7.80. The molecule has 0 heterocycles. The van der Waals surface area contributed by atoms with Gasteiger partial charge in [0.15, 0.2) is 0 Å². The highest BCUT2D eigenvalue weighted by Crippen LogP contribution is 2.09. The first-order chi connectivity index (χ1) is 13.0. The number of carboxylic acid groups (broad SMARTS) is 2. The molecule has 160 valence electrons.